The SMILES string of the molecule is Cc1nc2c(C#N)cnn2c(C)c1CCC(=O)N1CC[C@H](C)Sc2ccccc21. The third-order valence-electron chi connectivity index (χ3n) is 5.46. The first-order valence-electron chi connectivity index (χ1n) is 9.79. The number of benzene rings is 1. The molecular formula is C22H23N5OS. The number of fused-ring (bicyclic) bond motifs is 2. The van der Waals surface area contributed by atoms with Gasteiger partial charge in [0.1, 0.15) is 11.6 Å². The van der Waals surface area contributed by atoms with Crippen LogP contribution < -0.4 is 4.90 Å². The van der Waals surface area contributed by atoms with Crippen LogP contribution in [0, 0.1) is 25.2 Å². The molecule has 0 radical (unpaired) electrons. The summed E-state index contributed by atoms with van der Waals surface area (Å²) in [6.45, 7) is 6.85. The molecule has 0 saturated heterocycles. The summed E-state index contributed by atoms with van der Waals surface area (Å²) in [7, 11) is 0. The summed E-state index contributed by atoms with van der Waals surface area (Å²) < 4.78 is 1.70. The van der Waals surface area contributed by atoms with E-state index in [4.69, 9.17) is 0 Å². The zero-order valence-corrected chi connectivity index (χ0v) is 17.7. The Morgan fingerprint density at radius 1 is 1.34 bits per heavy atom. The van der Waals surface area contributed by atoms with Gasteiger partial charge in [-0.2, -0.15) is 10.4 Å². The Morgan fingerprint density at radius 2 is 2.14 bits per heavy atom. The van der Waals surface area contributed by atoms with Crippen LogP contribution in [0.5, 0.6) is 0 Å². The van der Waals surface area contributed by atoms with Crippen molar-refractivity contribution in [2.24, 2.45) is 0 Å². The number of carbonyl (C=O) groups is 1. The highest BCUT2D eigenvalue weighted by Gasteiger charge is 2.24. The van der Waals surface area contributed by atoms with Crippen molar-refractivity contribution in [3.8, 4) is 6.07 Å². The molecular weight excluding hydrogens is 382 g/mol. The maximum atomic E-state index is 13.2. The minimum absolute atomic E-state index is 0.129. The van der Waals surface area contributed by atoms with E-state index in [0.717, 1.165) is 35.6 Å². The molecule has 3 heterocycles. The van der Waals surface area contributed by atoms with E-state index in [2.05, 4.69) is 29.1 Å². The van der Waals surface area contributed by atoms with Crippen molar-refractivity contribution in [2.45, 2.75) is 50.2 Å². The zero-order valence-electron chi connectivity index (χ0n) is 16.8. The average Bonchev–Trinajstić information content (AvgIpc) is 3.03. The summed E-state index contributed by atoms with van der Waals surface area (Å²) in [6.07, 6.45) is 3.52. The summed E-state index contributed by atoms with van der Waals surface area (Å²) in [4.78, 5) is 20.8. The summed E-state index contributed by atoms with van der Waals surface area (Å²) in [5, 5.41) is 14.0. The van der Waals surface area contributed by atoms with Gasteiger partial charge in [0.2, 0.25) is 5.91 Å². The number of para-hydroxylation sites is 1. The molecule has 1 aromatic carbocycles. The van der Waals surface area contributed by atoms with Crippen LogP contribution in [-0.2, 0) is 11.2 Å². The lowest BCUT2D eigenvalue weighted by molar-refractivity contribution is -0.118. The van der Waals surface area contributed by atoms with Crippen molar-refractivity contribution in [1.29, 1.82) is 5.26 Å². The third kappa shape index (κ3) is 3.60. The van der Waals surface area contributed by atoms with Crippen molar-refractivity contribution in [2.75, 3.05) is 11.4 Å². The standard InChI is InChI=1S/C22H23N5OS/c1-14-10-11-26(19-6-4-5-7-20(19)29-14)21(28)9-8-18-15(2)25-22-17(12-23)13-24-27(22)16(18)3/h4-7,13-14H,8-11H2,1-3H3/t14-/m0/s1. The molecule has 3 aromatic rings. The molecule has 7 heteroatoms. The molecule has 0 unspecified atom stereocenters. The lowest BCUT2D eigenvalue weighted by Crippen LogP contribution is -2.32. The number of nitriles is 1. The summed E-state index contributed by atoms with van der Waals surface area (Å²) in [5.41, 5.74) is 4.85. The lowest BCUT2D eigenvalue weighted by atomic mass is 10.1. The van der Waals surface area contributed by atoms with Gasteiger partial charge in [-0.15, -0.1) is 11.8 Å². The van der Waals surface area contributed by atoms with Crippen LogP contribution in [0.15, 0.2) is 35.4 Å². The van der Waals surface area contributed by atoms with Crippen molar-refractivity contribution >= 4 is 29.0 Å². The molecule has 0 fully saturated rings. The zero-order chi connectivity index (χ0) is 20.5. The van der Waals surface area contributed by atoms with E-state index in [-0.39, 0.29) is 5.91 Å². The fourth-order valence-corrected chi connectivity index (χ4v) is 4.98. The number of hydrogen-bond donors (Lipinski definition) is 0. The number of rotatable bonds is 3. The normalized spacial score (nSPS) is 16.3. The van der Waals surface area contributed by atoms with Gasteiger partial charge in [0, 0.05) is 34.5 Å². The molecule has 1 amide bonds. The van der Waals surface area contributed by atoms with E-state index < -0.39 is 0 Å². The van der Waals surface area contributed by atoms with Gasteiger partial charge < -0.3 is 4.90 Å². The number of aromatic nitrogens is 3. The predicted octanol–water partition coefficient (Wildman–Crippen LogP) is 4.07. The van der Waals surface area contributed by atoms with E-state index in [9.17, 15) is 10.1 Å². The van der Waals surface area contributed by atoms with Crippen LogP contribution in [0.1, 0.15) is 42.3 Å². The highest BCUT2D eigenvalue weighted by atomic mass is 32.2. The fourth-order valence-electron chi connectivity index (χ4n) is 3.86. The van der Waals surface area contributed by atoms with E-state index >= 15 is 0 Å². The maximum Gasteiger partial charge on any atom is 0.227 e. The van der Waals surface area contributed by atoms with Crippen molar-refractivity contribution in [3.63, 3.8) is 0 Å². The predicted molar refractivity (Wildman–Crippen MR) is 114 cm³/mol. The molecule has 0 spiro atoms. The average molecular weight is 406 g/mol. The minimum atomic E-state index is 0.129. The first-order chi connectivity index (χ1) is 14.0. The topological polar surface area (TPSA) is 74.3 Å². The number of hydrogen-bond acceptors (Lipinski definition) is 5. The van der Waals surface area contributed by atoms with E-state index in [1.54, 1.807) is 4.52 Å². The molecule has 1 aliphatic heterocycles. The van der Waals surface area contributed by atoms with E-state index in [1.807, 2.05) is 48.7 Å². The monoisotopic (exact) mass is 405 g/mol. The molecule has 6 nitrogen and oxygen atoms in total. The first-order valence-corrected chi connectivity index (χ1v) is 10.7. The Kier molecular flexibility index (Phi) is 5.29. The Balaban J connectivity index is 1.58. The Labute approximate surface area is 174 Å². The maximum absolute atomic E-state index is 13.2. The van der Waals surface area contributed by atoms with Crippen LogP contribution in [0.4, 0.5) is 5.69 Å². The molecule has 1 atom stereocenters. The molecule has 0 bridgehead atoms. The van der Waals surface area contributed by atoms with Gasteiger partial charge >= 0.3 is 0 Å². The molecule has 2 aromatic heterocycles. The number of aryl methyl sites for hydroxylation is 2. The third-order valence-corrected chi connectivity index (χ3v) is 6.70. The summed E-state index contributed by atoms with van der Waals surface area (Å²) in [6, 6.07) is 10.3. The second-order valence-electron chi connectivity index (χ2n) is 7.40. The van der Waals surface area contributed by atoms with Crippen LogP contribution >= 0.6 is 11.8 Å². The molecule has 1 aliphatic rings. The second kappa shape index (κ2) is 7.88. The summed E-state index contributed by atoms with van der Waals surface area (Å²) in [5.74, 6) is 0.129. The smallest absolute Gasteiger partial charge is 0.227 e. The van der Waals surface area contributed by atoms with E-state index in [0.29, 0.717) is 29.3 Å². The first kappa shape index (κ1) is 19.5. The number of carbonyl (C=O) groups excluding carboxylic acids is 1. The van der Waals surface area contributed by atoms with Gasteiger partial charge in [-0.05, 0) is 44.4 Å². The molecule has 29 heavy (non-hydrogen) atoms. The second-order valence-corrected chi connectivity index (χ2v) is 8.88. The van der Waals surface area contributed by atoms with Gasteiger partial charge in [-0.25, -0.2) is 9.50 Å². The number of amides is 1. The minimum Gasteiger partial charge on any atom is -0.311 e. The van der Waals surface area contributed by atoms with Crippen molar-refractivity contribution in [1.82, 2.24) is 14.6 Å². The Morgan fingerprint density at radius 3 is 2.93 bits per heavy atom. The quantitative estimate of drug-likeness (QED) is 0.657. The van der Waals surface area contributed by atoms with Crippen LogP contribution in [0.3, 0.4) is 0 Å². The molecule has 4 rings (SSSR count). The fraction of sp³-hybridized carbons (Fsp3) is 0.364. The highest BCUT2D eigenvalue weighted by Crippen LogP contribution is 2.37. The largest absolute Gasteiger partial charge is 0.311 e. The van der Waals surface area contributed by atoms with Crippen LogP contribution in [-0.4, -0.2) is 32.3 Å². The summed E-state index contributed by atoms with van der Waals surface area (Å²) >= 11 is 1.84. The molecule has 0 saturated carbocycles. The molecule has 0 N–H and O–H groups in total. The Hall–Kier alpha value is -2.85. The van der Waals surface area contributed by atoms with Crippen molar-refractivity contribution in [3.05, 3.63) is 53.0 Å². The van der Waals surface area contributed by atoms with Gasteiger partial charge in [0.05, 0.1) is 11.9 Å². The highest BCUT2D eigenvalue weighted by molar-refractivity contribution is 8.00. The number of nitrogens with zero attached hydrogens (tertiary/aromatic N) is 5. The number of anilines is 1. The van der Waals surface area contributed by atoms with E-state index in [1.165, 1.54) is 11.1 Å². The van der Waals surface area contributed by atoms with Crippen LogP contribution in [0.2, 0.25) is 0 Å². The molecule has 0 aliphatic carbocycles. The lowest BCUT2D eigenvalue weighted by Gasteiger charge is -2.23. The van der Waals surface area contributed by atoms with Crippen molar-refractivity contribution < 1.29 is 4.79 Å². The Bertz CT molecular complexity index is 1130. The van der Waals surface area contributed by atoms with Gasteiger partial charge in [0.25, 0.3) is 0 Å². The van der Waals surface area contributed by atoms with Gasteiger partial charge in [-0.3, -0.25) is 4.79 Å². The number of thioether (sulfide) groups is 1. The van der Waals surface area contributed by atoms with Gasteiger partial charge in [0.15, 0.2) is 5.65 Å². The molecule has 148 valence electrons. The van der Waals surface area contributed by atoms with Gasteiger partial charge in [-0.1, -0.05) is 19.1 Å². The van der Waals surface area contributed by atoms with Crippen LogP contribution in [0.25, 0.3) is 5.65 Å².